The van der Waals surface area contributed by atoms with Crippen molar-refractivity contribution in [3.8, 4) is 0 Å². The van der Waals surface area contributed by atoms with Gasteiger partial charge in [0.2, 0.25) is 0 Å². The molecule has 17 heavy (non-hydrogen) atoms. The second-order valence-corrected chi connectivity index (χ2v) is 5.52. The van der Waals surface area contributed by atoms with Gasteiger partial charge in [-0.15, -0.1) is 0 Å². The van der Waals surface area contributed by atoms with Crippen LogP contribution in [-0.2, 0) is 9.47 Å². The van der Waals surface area contributed by atoms with Crippen LogP contribution < -0.4 is 5.32 Å². The summed E-state index contributed by atoms with van der Waals surface area (Å²) in [7, 11) is 0. The van der Waals surface area contributed by atoms with E-state index in [1.807, 2.05) is 0 Å². The summed E-state index contributed by atoms with van der Waals surface area (Å²) in [4.78, 5) is 0. The van der Waals surface area contributed by atoms with Gasteiger partial charge in [-0.05, 0) is 51.6 Å². The minimum atomic E-state index is 0.334. The predicted octanol–water partition coefficient (Wildman–Crippen LogP) is 2.60. The summed E-state index contributed by atoms with van der Waals surface area (Å²) in [6.45, 7) is 10.4. The van der Waals surface area contributed by atoms with Gasteiger partial charge in [-0.25, -0.2) is 0 Å². The minimum absolute atomic E-state index is 0.334. The summed E-state index contributed by atoms with van der Waals surface area (Å²) in [6.07, 6.45) is 5.43. The second-order valence-electron chi connectivity index (χ2n) is 5.52. The molecule has 0 saturated carbocycles. The van der Waals surface area contributed by atoms with Gasteiger partial charge in [-0.2, -0.15) is 0 Å². The molecule has 3 heteroatoms. The Morgan fingerprint density at radius 3 is 2.76 bits per heavy atom. The highest BCUT2D eigenvalue weighted by molar-refractivity contribution is 4.64. The number of hydrogen-bond donors (Lipinski definition) is 1. The molecular formula is C14H29NO2. The van der Waals surface area contributed by atoms with Gasteiger partial charge in [0.25, 0.3) is 0 Å². The lowest BCUT2D eigenvalue weighted by Crippen LogP contribution is -2.28. The molecule has 0 aliphatic carbocycles. The number of hydrogen-bond acceptors (Lipinski definition) is 3. The summed E-state index contributed by atoms with van der Waals surface area (Å²) in [6, 6.07) is 0. The van der Waals surface area contributed by atoms with E-state index in [1.165, 1.54) is 12.8 Å². The maximum absolute atomic E-state index is 5.82. The lowest BCUT2D eigenvalue weighted by Gasteiger charge is -2.24. The summed E-state index contributed by atoms with van der Waals surface area (Å²) in [5.74, 6) is 0.724. The van der Waals surface area contributed by atoms with Crippen molar-refractivity contribution in [2.24, 2.45) is 5.92 Å². The van der Waals surface area contributed by atoms with E-state index in [0.29, 0.717) is 12.2 Å². The first-order valence-electron chi connectivity index (χ1n) is 7.12. The molecule has 1 N–H and O–H groups in total. The van der Waals surface area contributed by atoms with E-state index in [1.54, 1.807) is 0 Å². The number of ether oxygens (including phenoxy) is 2. The molecule has 0 aromatic rings. The Hall–Kier alpha value is -0.120. The molecule has 102 valence electrons. The van der Waals surface area contributed by atoms with Gasteiger partial charge < -0.3 is 14.8 Å². The summed E-state index contributed by atoms with van der Waals surface area (Å²) < 4.78 is 11.5. The zero-order valence-electron chi connectivity index (χ0n) is 11.7. The Balaban J connectivity index is 1.94. The molecule has 0 aromatic heterocycles. The molecule has 1 rings (SSSR count). The molecule has 0 radical (unpaired) electrons. The molecule has 0 amide bonds. The van der Waals surface area contributed by atoms with Gasteiger partial charge in [0, 0.05) is 6.61 Å². The van der Waals surface area contributed by atoms with Crippen molar-refractivity contribution < 1.29 is 9.47 Å². The molecule has 3 nitrogen and oxygen atoms in total. The average molecular weight is 243 g/mol. The SMILES string of the molecule is CC(C)CNCCC(C)OCC1CCCCO1. The lowest BCUT2D eigenvalue weighted by molar-refractivity contribution is -0.0602. The largest absolute Gasteiger partial charge is 0.376 e. The molecule has 0 bridgehead atoms. The van der Waals surface area contributed by atoms with Crippen molar-refractivity contribution in [1.29, 1.82) is 0 Å². The quantitative estimate of drug-likeness (QED) is 0.665. The van der Waals surface area contributed by atoms with Crippen molar-refractivity contribution in [3.63, 3.8) is 0 Å². The maximum Gasteiger partial charge on any atom is 0.0808 e. The standard InChI is InChI=1S/C14H29NO2/c1-12(2)10-15-8-7-13(3)17-11-14-6-4-5-9-16-14/h12-15H,4-11H2,1-3H3. The molecule has 0 aromatic carbocycles. The van der Waals surface area contributed by atoms with E-state index in [9.17, 15) is 0 Å². The smallest absolute Gasteiger partial charge is 0.0808 e. The lowest BCUT2D eigenvalue weighted by atomic mass is 10.1. The molecule has 1 saturated heterocycles. The fraction of sp³-hybridized carbons (Fsp3) is 1.00. The minimum Gasteiger partial charge on any atom is -0.376 e. The van der Waals surface area contributed by atoms with Crippen LogP contribution in [0.25, 0.3) is 0 Å². The summed E-state index contributed by atoms with van der Waals surface area (Å²) >= 11 is 0. The Labute approximate surface area is 106 Å². The van der Waals surface area contributed by atoms with Crippen LogP contribution in [0, 0.1) is 5.92 Å². The number of rotatable bonds is 8. The van der Waals surface area contributed by atoms with E-state index in [0.717, 1.165) is 45.1 Å². The Bertz CT molecular complexity index is 179. The monoisotopic (exact) mass is 243 g/mol. The van der Waals surface area contributed by atoms with E-state index >= 15 is 0 Å². The van der Waals surface area contributed by atoms with Crippen molar-refractivity contribution >= 4 is 0 Å². The normalized spacial score (nSPS) is 22.9. The Kier molecular flexibility index (Phi) is 7.82. The third-order valence-electron chi connectivity index (χ3n) is 3.12. The molecule has 1 heterocycles. The first kappa shape index (κ1) is 14.9. The molecule has 1 aliphatic rings. The van der Waals surface area contributed by atoms with Crippen molar-refractivity contribution in [2.75, 3.05) is 26.3 Å². The first-order valence-corrected chi connectivity index (χ1v) is 7.12. The van der Waals surface area contributed by atoms with Crippen LogP contribution >= 0.6 is 0 Å². The van der Waals surface area contributed by atoms with Gasteiger partial charge >= 0.3 is 0 Å². The van der Waals surface area contributed by atoms with Gasteiger partial charge in [0.15, 0.2) is 0 Å². The zero-order chi connectivity index (χ0) is 12.5. The fourth-order valence-electron chi connectivity index (χ4n) is 1.99. The predicted molar refractivity (Wildman–Crippen MR) is 71.3 cm³/mol. The molecule has 0 spiro atoms. The molecule has 2 unspecified atom stereocenters. The van der Waals surface area contributed by atoms with Crippen LogP contribution in [-0.4, -0.2) is 38.5 Å². The summed E-state index contributed by atoms with van der Waals surface area (Å²) in [5, 5.41) is 3.44. The van der Waals surface area contributed by atoms with E-state index in [2.05, 4.69) is 26.1 Å². The van der Waals surface area contributed by atoms with Crippen LogP contribution in [0.2, 0.25) is 0 Å². The van der Waals surface area contributed by atoms with Crippen molar-refractivity contribution in [1.82, 2.24) is 5.32 Å². The molecular weight excluding hydrogens is 214 g/mol. The maximum atomic E-state index is 5.82. The Morgan fingerprint density at radius 2 is 2.12 bits per heavy atom. The molecule has 1 aliphatic heterocycles. The van der Waals surface area contributed by atoms with E-state index in [-0.39, 0.29) is 0 Å². The third-order valence-corrected chi connectivity index (χ3v) is 3.12. The van der Waals surface area contributed by atoms with E-state index < -0.39 is 0 Å². The Morgan fingerprint density at radius 1 is 1.29 bits per heavy atom. The van der Waals surface area contributed by atoms with Crippen LogP contribution in [0.5, 0.6) is 0 Å². The van der Waals surface area contributed by atoms with Crippen molar-refractivity contribution in [3.05, 3.63) is 0 Å². The molecule has 1 fully saturated rings. The van der Waals surface area contributed by atoms with Crippen LogP contribution in [0.15, 0.2) is 0 Å². The third kappa shape index (κ3) is 7.74. The van der Waals surface area contributed by atoms with Gasteiger partial charge in [-0.1, -0.05) is 13.8 Å². The second kappa shape index (κ2) is 8.90. The van der Waals surface area contributed by atoms with Crippen molar-refractivity contribution in [2.45, 2.75) is 58.7 Å². The fourth-order valence-corrected chi connectivity index (χ4v) is 1.99. The highest BCUT2D eigenvalue weighted by Crippen LogP contribution is 2.13. The number of nitrogens with one attached hydrogen (secondary N) is 1. The van der Waals surface area contributed by atoms with E-state index in [4.69, 9.17) is 9.47 Å². The molecule has 2 atom stereocenters. The van der Waals surface area contributed by atoms with Crippen LogP contribution in [0.3, 0.4) is 0 Å². The van der Waals surface area contributed by atoms with Crippen LogP contribution in [0.4, 0.5) is 0 Å². The zero-order valence-corrected chi connectivity index (χ0v) is 11.7. The van der Waals surface area contributed by atoms with Gasteiger partial charge in [0.1, 0.15) is 0 Å². The summed E-state index contributed by atoms with van der Waals surface area (Å²) in [5.41, 5.74) is 0. The topological polar surface area (TPSA) is 30.5 Å². The van der Waals surface area contributed by atoms with Gasteiger partial charge in [0.05, 0.1) is 18.8 Å². The average Bonchev–Trinajstić information content (AvgIpc) is 2.33. The highest BCUT2D eigenvalue weighted by atomic mass is 16.5. The first-order chi connectivity index (χ1) is 8.18. The van der Waals surface area contributed by atoms with Gasteiger partial charge in [-0.3, -0.25) is 0 Å². The highest BCUT2D eigenvalue weighted by Gasteiger charge is 2.15. The van der Waals surface area contributed by atoms with Crippen LogP contribution in [0.1, 0.15) is 46.5 Å².